The van der Waals surface area contributed by atoms with Crippen molar-refractivity contribution in [3.63, 3.8) is 0 Å². The van der Waals surface area contributed by atoms with Gasteiger partial charge in [-0.15, -0.1) is 0 Å². The van der Waals surface area contributed by atoms with Gasteiger partial charge in [-0.1, -0.05) is 13.0 Å². The summed E-state index contributed by atoms with van der Waals surface area (Å²) in [7, 11) is 0. The Labute approximate surface area is 268 Å². The number of ether oxygens (including phenoxy) is 8. The van der Waals surface area contributed by atoms with Crippen LogP contribution < -0.4 is 19.6 Å². The molecule has 3 aromatic rings. The molecule has 2 aliphatic rings. The molecule has 1 aromatic heterocycles. The number of rotatable bonds is 9. The zero-order chi connectivity index (χ0) is 34.0. The minimum Gasteiger partial charge on any atom is -0.463 e. The maximum Gasteiger partial charge on any atom is 0.303 e. The third-order valence-corrected chi connectivity index (χ3v) is 7.48. The Balaban J connectivity index is 1.56. The molecule has 5 atom stereocenters. The van der Waals surface area contributed by atoms with Crippen LogP contribution in [0.2, 0.25) is 0 Å². The molecule has 14 nitrogen and oxygen atoms in total. The molecular weight excluding hydrogens is 620 g/mol. The number of fused-ring (bicyclic) bond motifs is 2. The number of aryl methyl sites for hydroxylation is 2. The molecule has 250 valence electrons. The molecule has 0 unspecified atom stereocenters. The van der Waals surface area contributed by atoms with Gasteiger partial charge in [0.05, 0.1) is 10.9 Å². The van der Waals surface area contributed by atoms with Crippen molar-refractivity contribution >= 4 is 34.8 Å². The molecule has 0 saturated carbocycles. The number of benzene rings is 2. The normalized spacial score (nSPS) is 21.5. The van der Waals surface area contributed by atoms with Gasteiger partial charge in [-0.25, -0.2) is 0 Å². The molecule has 2 aromatic carbocycles. The highest BCUT2D eigenvalue weighted by Gasteiger charge is 2.53. The average Bonchev–Trinajstić information content (AvgIpc) is 3.46. The van der Waals surface area contributed by atoms with Crippen molar-refractivity contribution in [2.45, 2.75) is 78.7 Å². The molecule has 5 rings (SSSR count). The van der Waals surface area contributed by atoms with E-state index in [1.165, 1.54) is 13.0 Å². The number of hydrogen-bond acceptors (Lipinski definition) is 14. The van der Waals surface area contributed by atoms with Crippen LogP contribution in [0.15, 0.2) is 39.5 Å². The summed E-state index contributed by atoms with van der Waals surface area (Å²) in [5, 5.41) is 0.286. The third kappa shape index (κ3) is 7.17. The monoisotopic (exact) mass is 654 g/mol. The molecule has 0 radical (unpaired) electrons. The summed E-state index contributed by atoms with van der Waals surface area (Å²) in [6, 6.07) is 8.35. The van der Waals surface area contributed by atoms with Crippen molar-refractivity contribution in [2.24, 2.45) is 0 Å². The van der Waals surface area contributed by atoms with Crippen LogP contribution in [0.1, 0.15) is 45.9 Å². The summed E-state index contributed by atoms with van der Waals surface area (Å²) in [5.41, 5.74) is 1.44. The highest BCUT2D eigenvalue weighted by Crippen LogP contribution is 2.38. The lowest BCUT2D eigenvalue weighted by Crippen LogP contribution is -2.63. The van der Waals surface area contributed by atoms with Crippen LogP contribution >= 0.6 is 0 Å². The van der Waals surface area contributed by atoms with E-state index in [0.29, 0.717) is 40.4 Å². The number of carbonyl (C=O) groups is 4. The van der Waals surface area contributed by atoms with Gasteiger partial charge < -0.3 is 42.3 Å². The van der Waals surface area contributed by atoms with Crippen molar-refractivity contribution in [3.8, 4) is 28.4 Å². The molecule has 0 bridgehead atoms. The highest BCUT2D eigenvalue weighted by atomic mass is 16.7. The van der Waals surface area contributed by atoms with Gasteiger partial charge in [-0.3, -0.25) is 24.0 Å². The van der Waals surface area contributed by atoms with Crippen LogP contribution in [-0.4, -0.2) is 68.0 Å². The van der Waals surface area contributed by atoms with E-state index >= 15 is 0 Å². The van der Waals surface area contributed by atoms with Gasteiger partial charge >= 0.3 is 23.9 Å². The van der Waals surface area contributed by atoms with Crippen LogP contribution in [0.25, 0.3) is 22.1 Å². The number of hydrogen-bond donors (Lipinski definition) is 0. The second-order valence-corrected chi connectivity index (χ2v) is 10.9. The van der Waals surface area contributed by atoms with Crippen LogP contribution in [0.3, 0.4) is 0 Å². The maximum absolute atomic E-state index is 13.8. The summed E-state index contributed by atoms with van der Waals surface area (Å²) < 4.78 is 50.9. The first-order valence-corrected chi connectivity index (χ1v) is 14.8. The summed E-state index contributed by atoms with van der Waals surface area (Å²) in [6.07, 6.45) is -6.44. The molecule has 0 amide bonds. The zero-order valence-corrected chi connectivity index (χ0v) is 26.6. The number of carbonyl (C=O) groups excluding carboxylic acids is 4. The van der Waals surface area contributed by atoms with Crippen molar-refractivity contribution in [2.75, 3.05) is 13.4 Å². The summed E-state index contributed by atoms with van der Waals surface area (Å²) in [6.45, 7) is 7.76. The van der Waals surface area contributed by atoms with Gasteiger partial charge in [0.15, 0.2) is 23.7 Å². The Hall–Kier alpha value is -5.11. The number of esters is 4. The first-order valence-electron chi connectivity index (χ1n) is 14.8. The van der Waals surface area contributed by atoms with E-state index in [9.17, 15) is 24.0 Å². The molecule has 0 spiro atoms. The minimum absolute atomic E-state index is 0.0896. The predicted molar refractivity (Wildman–Crippen MR) is 161 cm³/mol. The Kier molecular flexibility index (Phi) is 9.70. The molecule has 1 fully saturated rings. The summed E-state index contributed by atoms with van der Waals surface area (Å²) in [5.74, 6) is -1.30. The predicted octanol–water partition coefficient (Wildman–Crippen LogP) is 3.52. The molecule has 2 aliphatic heterocycles. The van der Waals surface area contributed by atoms with E-state index in [2.05, 4.69) is 0 Å². The van der Waals surface area contributed by atoms with Gasteiger partial charge in [-0.2, -0.15) is 0 Å². The van der Waals surface area contributed by atoms with E-state index in [-0.39, 0.29) is 28.9 Å². The van der Waals surface area contributed by atoms with E-state index < -0.39 is 61.2 Å². The Morgan fingerprint density at radius 1 is 0.830 bits per heavy atom. The van der Waals surface area contributed by atoms with Gasteiger partial charge in [0.2, 0.25) is 24.6 Å². The van der Waals surface area contributed by atoms with Crippen LogP contribution in [0.5, 0.6) is 17.2 Å². The first kappa shape index (κ1) is 33.3. The first-order chi connectivity index (χ1) is 22.4. The maximum atomic E-state index is 13.8. The molecular formula is C33H34O14. The van der Waals surface area contributed by atoms with Crippen LogP contribution in [0, 0.1) is 6.92 Å². The fourth-order valence-electron chi connectivity index (χ4n) is 5.56. The van der Waals surface area contributed by atoms with E-state index in [1.807, 2.05) is 6.92 Å². The van der Waals surface area contributed by atoms with Gasteiger partial charge in [-0.05, 0) is 42.7 Å². The van der Waals surface area contributed by atoms with Gasteiger partial charge in [0.1, 0.15) is 29.8 Å². The van der Waals surface area contributed by atoms with Gasteiger partial charge in [0, 0.05) is 33.8 Å². The summed E-state index contributed by atoms with van der Waals surface area (Å²) >= 11 is 0. The standard InChI is InChI=1S/C33H34O14/c1-7-20-10-22-25(42-15(2)28(29(22)38)21-8-9-23-26(11-21)41-14-40-23)12-24(20)46-33-32(45-19(6)37)31(44-18(5)36)30(43-17(4)35)27(47-33)13-39-16(3)34/h8-12,27,30-33H,7,13-14H2,1-6H3/t27-,30-,31+,32-,33-/m1/s1. The molecule has 14 heteroatoms. The molecule has 3 heterocycles. The fourth-order valence-corrected chi connectivity index (χ4v) is 5.56. The third-order valence-electron chi connectivity index (χ3n) is 7.48. The lowest BCUT2D eigenvalue weighted by atomic mass is 9.97. The minimum atomic E-state index is -1.46. The van der Waals surface area contributed by atoms with E-state index in [1.54, 1.807) is 31.2 Å². The van der Waals surface area contributed by atoms with E-state index in [0.717, 1.165) is 20.8 Å². The Morgan fingerprint density at radius 3 is 2.15 bits per heavy atom. The van der Waals surface area contributed by atoms with Crippen molar-refractivity contribution in [1.82, 2.24) is 0 Å². The second kappa shape index (κ2) is 13.7. The van der Waals surface area contributed by atoms with Crippen LogP contribution in [0.4, 0.5) is 0 Å². The molecule has 0 aliphatic carbocycles. The second-order valence-electron chi connectivity index (χ2n) is 10.9. The van der Waals surface area contributed by atoms with E-state index in [4.69, 9.17) is 42.3 Å². The lowest BCUT2D eigenvalue weighted by molar-refractivity contribution is -0.288. The lowest BCUT2D eigenvalue weighted by Gasteiger charge is -2.44. The fraction of sp³-hybridized carbons (Fsp3) is 0.424. The average molecular weight is 655 g/mol. The van der Waals surface area contributed by atoms with Crippen LogP contribution in [-0.2, 0) is 49.3 Å². The van der Waals surface area contributed by atoms with Crippen molar-refractivity contribution in [3.05, 3.63) is 51.9 Å². The SMILES string of the molecule is CCc1cc2c(=O)c(-c3ccc4c(c3)OCO4)c(C)oc2cc1O[C@@H]1O[C@H](COC(C)=O)[C@@H](OC(C)=O)[C@H](OC(C)=O)[C@H]1OC(C)=O. The largest absolute Gasteiger partial charge is 0.463 e. The van der Waals surface area contributed by atoms with Gasteiger partial charge in [0.25, 0.3) is 0 Å². The zero-order valence-electron chi connectivity index (χ0n) is 26.6. The smallest absolute Gasteiger partial charge is 0.303 e. The Bertz CT molecular complexity index is 1780. The highest BCUT2D eigenvalue weighted by molar-refractivity contribution is 5.85. The Morgan fingerprint density at radius 2 is 1.49 bits per heavy atom. The quantitative estimate of drug-likeness (QED) is 0.242. The van der Waals surface area contributed by atoms with Crippen molar-refractivity contribution in [1.29, 1.82) is 0 Å². The topological polar surface area (TPSA) is 172 Å². The summed E-state index contributed by atoms with van der Waals surface area (Å²) in [4.78, 5) is 62.0. The molecule has 0 N–H and O–H groups in total. The van der Waals surface area contributed by atoms with Crippen molar-refractivity contribution < 1.29 is 61.5 Å². The molecule has 1 saturated heterocycles. The molecule has 47 heavy (non-hydrogen) atoms.